The molecule has 1 aliphatic rings. The second kappa shape index (κ2) is 6.27. The summed E-state index contributed by atoms with van der Waals surface area (Å²) in [4.78, 5) is 40.6. The summed E-state index contributed by atoms with van der Waals surface area (Å²) in [5.41, 5.74) is 4.59. The monoisotopic (exact) mass is 347 g/mol. The van der Waals surface area contributed by atoms with Gasteiger partial charge in [-0.25, -0.2) is 14.0 Å². The van der Waals surface area contributed by atoms with Crippen molar-refractivity contribution in [3.05, 3.63) is 73.5 Å². The topological polar surface area (TPSA) is 127 Å². The van der Waals surface area contributed by atoms with Crippen LogP contribution in [-0.2, 0) is 9.53 Å². The lowest BCUT2D eigenvalue weighted by Gasteiger charge is -2.26. The summed E-state index contributed by atoms with van der Waals surface area (Å²) in [6.07, 6.45) is 0. The van der Waals surface area contributed by atoms with Crippen LogP contribution in [0.2, 0.25) is 0 Å². The van der Waals surface area contributed by atoms with Gasteiger partial charge in [-0.2, -0.15) is 0 Å². The molecule has 1 aromatic carbocycles. The first-order valence-corrected chi connectivity index (χ1v) is 7.39. The Bertz CT molecular complexity index is 975. The Morgan fingerprint density at radius 2 is 1.96 bits per heavy atom. The molecule has 9 heteroatoms. The van der Waals surface area contributed by atoms with Crippen LogP contribution in [0.15, 0.2) is 45.3 Å². The summed E-state index contributed by atoms with van der Waals surface area (Å²) in [6, 6.07) is 5.19. The molecule has 25 heavy (non-hydrogen) atoms. The summed E-state index contributed by atoms with van der Waals surface area (Å²) in [5.74, 6) is -2.72. The van der Waals surface area contributed by atoms with Gasteiger partial charge in [0.25, 0.3) is 5.56 Å². The second-order valence-corrected chi connectivity index (χ2v) is 5.24. The third-order valence-corrected chi connectivity index (χ3v) is 3.70. The van der Waals surface area contributed by atoms with Crippen LogP contribution in [0.1, 0.15) is 24.0 Å². The highest BCUT2D eigenvalue weighted by molar-refractivity contribution is 5.92. The molecule has 0 saturated heterocycles. The quantitative estimate of drug-likeness (QED) is 0.692. The fourth-order valence-corrected chi connectivity index (χ4v) is 2.69. The number of benzene rings is 1. The Morgan fingerprint density at radius 3 is 2.60 bits per heavy atom. The first-order chi connectivity index (χ1) is 11.9. The van der Waals surface area contributed by atoms with Crippen molar-refractivity contribution in [2.75, 3.05) is 6.61 Å². The van der Waals surface area contributed by atoms with Crippen LogP contribution in [-0.4, -0.2) is 22.5 Å². The summed E-state index contributed by atoms with van der Waals surface area (Å²) >= 11 is 0. The number of aromatic nitrogens is 2. The van der Waals surface area contributed by atoms with Crippen LogP contribution < -0.4 is 21.7 Å². The summed E-state index contributed by atoms with van der Waals surface area (Å²) in [5, 5.41) is 0. The molecule has 1 aromatic heterocycles. The van der Waals surface area contributed by atoms with Crippen LogP contribution >= 0.6 is 0 Å². The SMILES string of the molecule is CCOC(=O)C1=C(N)Oc2[nH]c(=O)[nH]c(=O)c2[C@@H]1c1ccc(F)cc1. The number of fused-ring (bicyclic) bond motifs is 1. The third-order valence-electron chi connectivity index (χ3n) is 3.70. The molecule has 0 unspecified atom stereocenters. The standard InChI is InChI=1S/C16H14FN3O5/c1-2-24-15(22)10-9(7-3-5-8(17)6-4-7)11-13(21)19-16(23)20-14(11)25-12(10)18/h3-6,9H,2,18H2,1H3,(H2,19,20,21,23)/t9-/m1/s1. The second-order valence-electron chi connectivity index (χ2n) is 5.24. The zero-order chi connectivity index (χ0) is 18.1. The van der Waals surface area contributed by atoms with Crippen LogP contribution in [0.4, 0.5) is 4.39 Å². The van der Waals surface area contributed by atoms with Gasteiger partial charge in [-0.1, -0.05) is 12.1 Å². The molecule has 0 spiro atoms. The highest BCUT2D eigenvalue weighted by Crippen LogP contribution is 2.39. The van der Waals surface area contributed by atoms with Crippen molar-refractivity contribution < 1.29 is 18.7 Å². The molecule has 2 heterocycles. The zero-order valence-corrected chi connectivity index (χ0v) is 13.1. The Labute approximate surface area is 140 Å². The van der Waals surface area contributed by atoms with Crippen molar-refractivity contribution in [1.82, 2.24) is 9.97 Å². The Morgan fingerprint density at radius 1 is 1.28 bits per heavy atom. The average molecular weight is 347 g/mol. The molecule has 0 fully saturated rings. The van der Waals surface area contributed by atoms with Crippen molar-refractivity contribution in [3.63, 3.8) is 0 Å². The van der Waals surface area contributed by atoms with Crippen molar-refractivity contribution in [1.29, 1.82) is 0 Å². The van der Waals surface area contributed by atoms with Crippen LogP contribution in [0.3, 0.4) is 0 Å². The predicted molar refractivity (Wildman–Crippen MR) is 84.4 cm³/mol. The highest BCUT2D eigenvalue weighted by atomic mass is 19.1. The number of rotatable bonds is 3. The maximum atomic E-state index is 13.3. The Hall–Kier alpha value is -3.36. The van der Waals surface area contributed by atoms with Crippen molar-refractivity contribution >= 4 is 5.97 Å². The predicted octanol–water partition coefficient (Wildman–Crippen LogP) is 0.460. The number of aromatic amines is 2. The van der Waals surface area contributed by atoms with Gasteiger partial charge in [-0.15, -0.1) is 0 Å². The molecule has 3 rings (SSSR count). The van der Waals surface area contributed by atoms with E-state index in [0.717, 1.165) is 0 Å². The van der Waals surface area contributed by atoms with Gasteiger partial charge in [0.1, 0.15) is 11.4 Å². The van der Waals surface area contributed by atoms with Crippen molar-refractivity contribution in [2.45, 2.75) is 12.8 Å². The third kappa shape index (κ3) is 2.91. The maximum Gasteiger partial charge on any atom is 0.340 e. The molecule has 4 N–H and O–H groups in total. The molecular formula is C16H14FN3O5. The summed E-state index contributed by atoms with van der Waals surface area (Å²) in [7, 11) is 0. The summed E-state index contributed by atoms with van der Waals surface area (Å²) in [6.45, 7) is 1.70. The van der Waals surface area contributed by atoms with Gasteiger partial charge >= 0.3 is 11.7 Å². The van der Waals surface area contributed by atoms with E-state index in [0.29, 0.717) is 5.56 Å². The normalized spacial score (nSPS) is 16.2. The van der Waals surface area contributed by atoms with Gasteiger partial charge in [0.15, 0.2) is 0 Å². The number of halogens is 1. The van der Waals surface area contributed by atoms with Gasteiger partial charge in [0.2, 0.25) is 11.8 Å². The fourth-order valence-electron chi connectivity index (χ4n) is 2.69. The zero-order valence-electron chi connectivity index (χ0n) is 13.1. The smallest absolute Gasteiger partial charge is 0.340 e. The number of carbonyl (C=O) groups excluding carboxylic acids is 1. The minimum absolute atomic E-state index is 0.0246. The van der Waals surface area contributed by atoms with Gasteiger partial charge in [-0.3, -0.25) is 14.8 Å². The molecule has 0 amide bonds. The van der Waals surface area contributed by atoms with Gasteiger partial charge < -0.3 is 15.2 Å². The minimum atomic E-state index is -0.982. The average Bonchev–Trinajstić information content (AvgIpc) is 2.54. The lowest BCUT2D eigenvalue weighted by atomic mass is 9.84. The van der Waals surface area contributed by atoms with E-state index in [1.54, 1.807) is 6.92 Å². The molecule has 2 aromatic rings. The van der Waals surface area contributed by atoms with E-state index in [2.05, 4.69) is 9.97 Å². The fraction of sp³-hybridized carbons (Fsp3) is 0.188. The largest absolute Gasteiger partial charge is 0.462 e. The molecule has 0 aliphatic carbocycles. The van der Waals surface area contributed by atoms with Crippen LogP contribution in [0, 0.1) is 5.82 Å². The highest BCUT2D eigenvalue weighted by Gasteiger charge is 2.38. The molecule has 0 bridgehead atoms. The number of hydrogen-bond acceptors (Lipinski definition) is 6. The molecule has 130 valence electrons. The first-order valence-electron chi connectivity index (χ1n) is 7.39. The molecular weight excluding hydrogens is 333 g/mol. The van der Waals surface area contributed by atoms with E-state index in [1.807, 2.05) is 0 Å². The van der Waals surface area contributed by atoms with E-state index >= 15 is 0 Å². The van der Waals surface area contributed by atoms with Crippen LogP contribution in [0.25, 0.3) is 0 Å². The lowest BCUT2D eigenvalue weighted by Crippen LogP contribution is -2.35. The number of H-pyrrole nitrogens is 2. The van der Waals surface area contributed by atoms with Gasteiger partial charge in [-0.05, 0) is 24.6 Å². The summed E-state index contributed by atoms with van der Waals surface area (Å²) < 4.78 is 23.5. The first kappa shape index (κ1) is 16.5. The lowest BCUT2D eigenvalue weighted by molar-refractivity contribution is -0.139. The number of hydrogen-bond donors (Lipinski definition) is 3. The number of esters is 1. The number of nitrogens with one attached hydrogen (secondary N) is 2. The minimum Gasteiger partial charge on any atom is -0.462 e. The van der Waals surface area contributed by atoms with E-state index in [4.69, 9.17) is 15.2 Å². The molecule has 1 aliphatic heterocycles. The van der Waals surface area contributed by atoms with Gasteiger partial charge in [0, 0.05) is 0 Å². The maximum absolute atomic E-state index is 13.3. The molecule has 8 nitrogen and oxygen atoms in total. The van der Waals surface area contributed by atoms with E-state index in [1.165, 1.54) is 24.3 Å². The van der Waals surface area contributed by atoms with Crippen molar-refractivity contribution in [3.8, 4) is 5.88 Å². The molecule has 1 atom stereocenters. The van der Waals surface area contributed by atoms with E-state index < -0.39 is 29.0 Å². The number of carbonyl (C=O) groups is 1. The Balaban J connectivity index is 2.27. The van der Waals surface area contributed by atoms with Crippen molar-refractivity contribution in [2.24, 2.45) is 5.73 Å². The molecule has 0 radical (unpaired) electrons. The van der Waals surface area contributed by atoms with E-state index in [-0.39, 0.29) is 29.5 Å². The molecule has 0 saturated carbocycles. The van der Waals surface area contributed by atoms with Gasteiger partial charge in [0.05, 0.1) is 18.1 Å². The Kier molecular flexibility index (Phi) is 4.14. The van der Waals surface area contributed by atoms with E-state index in [9.17, 15) is 18.8 Å². The number of nitrogens with two attached hydrogens (primary N) is 1. The number of ether oxygens (including phenoxy) is 2. The van der Waals surface area contributed by atoms with Crippen LogP contribution in [0.5, 0.6) is 5.88 Å².